The third kappa shape index (κ3) is 5.30. The Hall–Kier alpha value is -7.57. The zero-order valence-electron chi connectivity index (χ0n) is 32.0. The van der Waals surface area contributed by atoms with Crippen molar-refractivity contribution in [2.45, 2.75) is 19.8 Å². The van der Waals surface area contributed by atoms with Crippen molar-refractivity contribution in [2.75, 3.05) is 4.90 Å². The first kappa shape index (κ1) is 33.7. The molecule has 278 valence electrons. The van der Waals surface area contributed by atoms with E-state index in [1.165, 1.54) is 11.1 Å². The van der Waals surface area contributed by atoms with Crippen LogP contribution in [0, 0.1) is 0 Å². The molecule has 1 aliphatic rings. The van der Waals surface area contributed by atoms with E-state index in [2.05, 4.69) is 166 Å². The number of furan rings is 2. The Morgan fingerprint density at radius 2 is 1.45 bits per heavy atom. The Labute approximate surface area is 334 Å². The first-order valence-electron chi connectivity index (χ1n) is 19.8. The van der Waals surface area contributed by atoms with Crippen LogP contribution in [0.15, 0.2) is 179 Å². The average Bonchev–Trinajstić information content (AvgIpc) is 4.01. The van der Waals surface area contributed by atoms with E-state index in [0.717, 1.165) is 102 Å². The molecule has 1 aliphatic carbocycles. The predicted octanol–water partition coefficient (Wildman–Crippen LogP) is 12.6. The summed E-state index contributed by atoms with van der Waals surface area (Å²) in [5.74, 6) is 0.803. The fourth-order valence-electron chi connectivity index (χ4n) is 8.67. The molecule has 6 heteroatoms. The maximum absolute atomic E-state index is 6.45. The number of hydrogen-bond acceptors (Lipinski definition) is 4. The van der Waals surface area contributed by atoms with E-state index in [9.17, 15) is 0 Å². The van der Waals surface area contributed by atoms with Gasteiger partial charge in [-0.15, -0.1) is 0 Å². The van der Waals surface area contributed by atoms with Gasteiger partial charge in [0.2, 0.25) is 11.5 Å². The van der Waals surface area contributed by atoms with Crippen LogP contribution < -0.4 is 15.5 Å². The molecule has 0 spiro atoms. The minimum Gasteiger partial charge on any atom is -0.455 e. The molecule has 4 heterocycles. The summed E-state index contributed by atoms with van der Waals surface area (Å²) in [5.41, 5.74) is 14.9. The molecule has 10 aromatic rings. The highest BCUT2D eigenvalue weighted by Gasteiger charge is 2.23. The third-order valence-corrected chi connectivity index (χ3v) is 11.3. The normalized spacial score (nSPS) is 13.8. The lowest BCUT2D eigenvalue weighted by Crippen LogP contribution is -2.18. The lowest BCUT2D eigenvalue weighted by molar-refractivity contribution is 0.576. The van der Waals surface area contributed by atoms with Crippen LogP contribution in [-0.4, -0.2) is 14.0 Å². The molecule has 0 saturated heterocycles. The molecular formula is C52H38N4O2. The van der Waals surface area contributed by atoms with Crippen molar-refractivity contribution in [3.8, 4) is 16.8 Å². The molecule has 4 aromatic heterocycles. The van der Waals surface area contributed by atoms with Gasteiger partial charge in [0, 0.05) is 44.3 Å². The van der Waals surface area contributed by atoms with Crippen LogP contribution in [0.4, 0.5) is 17.1 Å². The molecule has 0 amide bonds. The summed E-state index contributed by atoms with van der Waals surface area (Å²) in [5, 5.41) is 3.20. The topological polar surface area (TPSA) is 51.8 Å². The van der Waals surface area contributed by atoms with Crippen LogP contribution in [0.25, 0.3) is 84.5 Å². The van der Waals surface area contributed by atoms with Crippen LogP contribution in [0.1, 0.15) is 25.3 Å². The molecule has 0 fully saturated rings. The number of rotatable bonds is 7. The Morgan fingerprint density at radius 3 is 2.21 bits per heavy atom. The summed E-state index contributed by atoms with van der Waals surface area (Å²) in [4.78, 5) is 7.45. The smallest absolute Gasteiger partial charge is 0.248 e. The van der Waals surface area contributed by atoms with Crippen molar-refractivity contribution in [1.29, 1.82) is 0 Å². The van der Waals surface area contributed by atoms with Gasteiger partial charge in [-0.1, -0.05) is 110 Å². The van der Waals surface area contributed by atoms with E-state index in [4.69, 9.17) is 13.8 Å². The molecule has 0 saturated carbocycles. The zero-order chi connectivity index (χ0) is 38.7. The van der Waals surface area contributed by atoms with Gasteiger partial charge in [-0.3, -0.25) is 8.97 Å². The van der Waals surface area contributed by atoms with Crippen molar-refractivity contribution in [1.82, 2.24) is 14.0 Å². The summed E-state index contributed by atoms with van der Waals surface area (Å²) in [7, 11) is 0. The standard InChI is InChI=1S/C52H38N4O2/c1-3-14-47-41(4-2)43-21-13-20-42(50(43)57-47)36-25-29-39(30-26-36)54(38-27-23-35(24-28-38)34-15-7-5-8-16-34)40-31-32-45-46(33-40)55(37-17-9-6-10-18-37)52-53-51-49(56(45)52)44-19-11-12-22-48(44)58-51/h3-4,6-7,9-33H,1,5,8H2,2H3/b41-4-,47-14+. The van der Waals surface area contributed by atoms with Gasteiger partial charge in [-0.05, 0) is 109 Å². The molecular weight excluding hydrogens is 713 g/mol. The molecule has 0 radical (unpaired) electrons. The first-order chi connectivity index (χ1) is 28.7. The molecule has 0 unspecified atom stereocenters. The number of para-hydroxylation sites is 3. The summed E-state index contributed by atoms with van der Waals surface area (Å²) in [6.45, 7) is 5.95. The molecule has 0 N–H and O–H groups in total. The van der Waals surface area contributed by atoms with E-state index in [1.54, 1.807) is 6.08 Å². The second kappa shape index (κ2) is 13.6. The van der Waals surface area contributed by atoms with Gasteiger partial charge in [0.1, 0.15) is 22.1 Å². The predicted molar refractivity (Wildman–Crippen MR) is 240 cm³/mol. The van der Waals surface area contributed by atoms with Gasteiger partial charge < -0.3 is 13.7 Å². The monoisotopic (exact) mass is 750 g/mol. The summed E-state index contributed by atoms with van der Waals surface area (Å²) < 4.78 is 17.2. The SMILES string of the molecule is C=C/C=c1/oc2c(-c3ccc(N(c4ccc(C5=CCCC=C5)cc4)c4ccc5c(c4)n(-c4ccccc4)c4nc6oc7ccccc7c6n54)cc3)cccc2/c1=C/C. The lowest BCUT2D eigenvalue weighted by Gasteiger charge is -2.26. The van der Waals surface area contributed by atoms with Crippen molar-refractivity contribution in [3.05, 3.63) is 187 Å². The van der Waals surface area contributed by atoms with Crippen molar-refractivity contribution in [3.63, 3.8) is 0 Å². The Morgan fingerprint density at radius 1 is 0.707 bits per heavy atom. The van der Waals surface area contributed by atoms with Gasteiger partial charge in [0.05, 0.1) is 11.0 Å². The van der Waals surface area contributed by atoms with E-state index < -0.39 is 0 Å². The van der Waals surface area contributed by atoms with Gasteiger partial charge >= 0.3 is 0 Å². The second-order valence-corrected chi connectivity index (χ2v) is 14.7. The number of imidazole rings is 2. The maximum atomic E-state index is 6.45. The van der Waals surface area contributed by atoms with Crippen molar-refractivity contribution >= 4 is 84.8 Å². The largest absolute Gasteiger partial charge is 0.455 e. The van der Waals surface area contributed by atoms with Crippen LogP contribution in [-0.2, 0) is 0 Å². The quantitative estimate of drug-likeness (QED) is 0.163. The first-order valence-corrected chi connectivity index (χ1v) is 19.8. The number of allylic oxidation sites excluding steroid dienone is 5. The highest BCUT2D eigenvalue weighted by molar-refractivity contribution is 6.06. The molecule has 58 heavy (non-hydrogen) atoms. The van der Waals surface area contributed by atoms with Gasteiger partial charge in [-0.25, -0.2) is 0 Å². The fraction of sp³-hybridized carbons (Fsp3) is 0.0577. The molecule has 0 bridgehead atoms. The summed E-state index contributed by atoms with van der Waals surface area (Å²) >= 11 is 0. The number of benzene rings is 6. The van der Waals surface area contributed by atoms with Gasteiger partial charge in [0.25, 0.3) is 0 Å². The number of aromatic nitrogens is 3. The van der Waals surface area contributed by atoms with E-state index in [-0.39, 0.29) is 0 Å². The summed E-state index contributed by atoms with van der Waals surface area (Å²) in [6.07, 6.45) is 14.8. The zero-order valence-corrected chi connectivity index (χ0v) is 32.0. The van der Waals surface area contributed by atoms with E-state index in [0.29, 0.717) is 5.71 Å². The van der Waals surface area contributed by atoms with Crippen molar-refractivity contribution in [2.24, 2.45) is 0 Å². The van der Waals surface area contributed by atoms with Gasteiger partial charge in [-0.2, -0.15) is 4.98 Å². The highest BCUT2D eigenvalue weighted by Crippen LogP contribution is 2.41. The Kier molecular flexibility index (Phi) is 7.89. The van der Waals surface area contributed by atoms with Crippen LogP contribution in [0.2, 0.25) is 0 Å². The minimum atomic E-state index is 0.626. The maximum Gasteiger partial charge on any atom is 0.248 e. The minimum absolute atomic E-state index is 0.626. The number of fused-ring (bicyclic) bond motifs is 8. The molecule has 0 atom stereocenters. The number of hydrogen-bond donors (Lipinski definition) is 0. The number of nitrogens with zero attached hydrogens (tertiary/aromatic N) is 4. The average molecular weight is 751 g/mol. The molecule has 6 nitrogen and oxygen atoms in total. The van der Waals surface area contributed by atoms with E-state index >= 15 is 0 Å². The molecule has 11 rings (SSSR count). The third-order valence-electron chi connectivity index (χ3n) is 11.3. The second-order valence-electron chi connectivity index (χ2n) is 14.7. The van der Waals surface area contributed by atoms with Crippen molar-refractivity contribution < 1.29 is 8.83 Å². The fourth-order valence-corrected chi connectivity index (χ4v) is 8.67. The van der Waals surface area contributed by atoms with Gasteiger partial charge in [0.15, 0.2) is 0 Å². The van der Waals surface area contributed by atoms with Crippen LogP contribution in [0.5, 0.6) is 0 Å². The van der Waals surface area contributed by atoms with E-state index in [1.807, 2.05) is 31.2 Å². The number of anilines is 3. The Balaban J connectivity index is 1.10. The molecule has 0 aliphatic heterocycles. The summed E-state index contributed by atoms with van der Waals surface area (Å²) in [6, 6.07) is 49.4. The van der Waals surface area contributed by atoms with Crippen LogP contribution in [0.3, 0.4) is 0 Å². The van der Waals surface area contributed by atoms with Crippen LogP contribution >= 0.6 is 0 Å². The highest BCUT2D eigenvalue weighted by atomic mass is 16.3. The lowest BCUT2D eigenvalue weighted by atomic mass is 9.99. The Bertz CT molecular complexity index is 3410. The molecule has 6 aromatic carbocycles.